The van der Waals surface area contributed by atoms with Crippen molar-refractivity contribution in [2.45, 2.75) is 18.8 Å². The fourth-order valence-electron chi connectivity index (χ4n) is 1.84. The summed E-state index contributed by atoms with van der Waals surface area (Å²) in [6.07, 6.45) is 0.969. The normalized spacial score (nSPS) is 12.1. The Morgan fingerprint density at radius 2 is 1.80 bits per heavy atom. The molecule has 2 aromatic rings. The minimum atomic E-state index is -4.37. The van der Waals surface area contributed by atoms with Crippen molar-refractivity contribution in [1.82, 2.24) is 4.98 Å². The van der Waals surface area contributed by atoms with E-state index in [2.05, 4.69) is 4.98 Å². The van der Waals surface area contributed by atoms with Crippen LogP contribution in [-0.4, -0.2) is 28.4 Å². The number of aromatic nitrogens is 1. The molecule has 0 radical (unpaired) electrons. The minimum absolute atomic E-state index is 0.103. The van der Waals surface area contributed by atoms with Crippen molar-refractivity contribution in [1.29, 1.82) is 0 Å². The van der Waals surface area contributed by atoms with Crippen LogP contribution >= 0.6 is 0 Å². The first-order chi connectivity index (χ1) is 11.6. The summed E-state index contributed by atoms with van der Waals surface area (Å²) in [5.41, 5.74) is -1.10. The monoisotopic (exact) mass is 361 g/mol. The molecule has 0 aliphatic carbocycles. The lowest BCUT2D eigenvalue weighted by Gasteiger charge is -2.23. The molecule has 0 bridgehead atoms. The van der Waals surface area contributed by atoms with Crippen LogP contribution in [0.25, 0.3) is 0 Å². The first-order valence-electron chi connectivity index (χ1n) is 6.90. The molecule has 0 spiro atoms. The Labute approximate surface area is 138 Å². The molecule has 25 heavy (non-hydrogen) atoms. The number of Topliss-reactive ketones (excluding diaryl/α,β-unsaturated/α-hetero) is 1. The maximum atomic E-state index is 13.8. The Hall–Kier alpha value is -2.55. The van der Waals surface area contributed by atoms with Crippen molar-refractivity contribution in [3.05, 3.63) is 53.5 Å². The highest BCUT2D eigenvalue weighted by Crippen LogP contribution is 2.42. The molecule has 4 nitrogen and oxygen atoms in total. The van der Waals surface area contributed by atoms with Gasteiger partial charge in [-0.15, -0.1) is 0 Å². The molecule has 9 heteroatoms. The number of alkyl halides is 4. The number of ketones is 1. The summed E-state index contributed by atoms with van der Waals surface area (Å²) in [5, 5.41) is 8.69. The number of aliphatic hydroxyl groups excluding tert-OH is 1. The average molecular weight is 361 g/mol. The first-order valence-corrected chi connectivity index (χ1v) is 6.90. The second-order valence-electron chi connectivity index (χ2n) is 5.18. The number of pyridine rings is 1. The highest BCUT2D eigenvalue weighted by molar-refractivity contribution is 5.96. The molecule has 0 saturated carbocycles. The van der Waals surface area contributed by atoms with E-state index in [4.69, 9.17) is 9.84 Å². The molecule has 0 unspecified atom stereocenters. The van der Waals surface area contributed by atoms with E-state index in [1.165, 1.54) is 0 Å². The summed E-state index contributed by atoms with van der Waals surface area (Å²) in [7, 11) is 0. The van der Waals surface area contributed by atoms with Gasteiger partial charge in [0.2, 0.25) is 0 Å². The van der Waals surface area contributed by atoms with Gasteiger partial charge in [0.15, 0.2) is 11.6 Å². The molecule has 2 rings (SSSR count). The first kappa shape index (κ1) is 18.8. The minimum Gasteiger partial charge on any atom is -0.436 e. The van der Waals surface area contributed by atoms with Crippen LogP contribution in [0.4, 0.5) is 22.0 Å². The Kier molecular flexibility index (Phi) is 5.07. The second-order valence-corrected chi connectivity index (χ2v) is 5.18. The summed E-state index contributed by atoms with van der Waals surface area (Å²) in [6, 6.07) is 4.18. The molecule has 1 aromatic heterocycles. The fraction of sp³-hybridized carbons (Fsp3) is 0.250. The third-order valence-corrected chi connectivity index (χ3v) is 3.26. The predicted octanol–water partition coefficient (Wildman–Crippen LogP) is 3.94. The van der Waals surface area contributed by atoms with Crippen LogP contribution in [0.15, 0.2) is 36.5 Å². The Balaban J connectivity index is 2.21. The van der Waals surface area contributed by atoms with Crippen molar-refractivity contribution in [2.75, 3.05) is 6.61 Å². The molecule has 1 aromatic carbocycles. The van der Waals surface area contributed by atoms with E-state index in [0.29, 0.717) is 0 Å². The van der Waals surface area contributed by atoms with Crippen LogP contribution in [0.1, 0.15) is 22.8 Å². The highest BCUT2D eigenvalue weighted by Gasteiger charge is 2.53. The van der Waals surface area contributed by atoms with Gasteiger partial charge in [0.1, 0.15) is 12.4 Å². The highest BCUT2D eigenvalue weighted by atomic mass is 19.3. The second kappa shape index (κ2) is 6.75. The molecular formula is C16H12F5NO3. The van der Waals surface area contributed by atoms with Crippen molar-refractivity contribution < 1.29 is 36.6 Å². The van der Waals surface area contributed by atoms with Crippen molar-refractivity contribution in [3.8, 4) is 11.6 Å². The summed E-state index contributed by atoms with van der Waals surface area (Å²) in [6.45, 7) is -0.717. The van der Waals surface area contributed by atoms with Gasteiger partial charge in [-0.05, 0) is 30.3 Å². The molecular weight excluding hydrogens is 349 g/mol. The van der Waals surface area contributed by atoms with Gasteiger partial charge in [0.25, 0.3) is 5.88 Å². The Morgan fingerprint density at radius 1 is 1.20 bits per heavy atom. The lowest BCUT2D eigenvalue weighted by atomic mass is 10.0. The average Bonchev–Trinajstić information content (AvgIpc) is 2.55. The molecule has 0 saturated heterocycles. The van der Waals surface area contributed by atoms with E-state index in [-0.39, 0.29) is 18.2 Å². The molecule has 0 amide bonds. The van der Waals surface area contributed by atoms with Crippen molar-refractivity contribution in [2.24, 2.45) is 0 Å². The van der Waals surface area contributed by atoms with Crippen LogP contribution in [0, 0.1) is 5.82 Å². The van der Waals surface area contributed by atoms with E-state index in [1.54, 1.807) is 0 Å². The van der Waals surface area contributed by atoms with Gasteiger partial charge in [-0.2, -0.15) is 17.6 Å². The number of aliphatic hydroxyl groups is 1. The lowest BCUT2D eigenvalue weighted by Crippen LogP contribution is -2.34. The van der Waals surface area contributed by atoms with Gasteiger partial charge < -0.3 is 9.84 Å². The van der Waals surface area contributed by atoms with Gasteiger partial charge in [-0.3, -0.25) is 4.79 Å². The summed E-state index contributed by atoms with van der Waals surface area (Å²) < 4.78 is 71.8. The van der Waals surface area contributed by atoms with Crippen LogP contribution in [-0.2, 0) is 5.92 Å². The summed E-state index contributed by atoms with van der Waals surface area (Å²) in [4.78, 5) is 14.8. The third kappa shape index (κ3) is 3.93. The van der Waals surface area contributed by atoms with E-state index in [1.807, 2.05) is 0 Å². The van der Waals surface area contributed by atoms with Gasteiger partial charge in [-0.1, -0.05) is 0 Å². The number of hydrogen-bond donors (Lipinski definition) is 1. The van der Waals surface area contributed by atoms with E-state index in [0.717, 1.165) is 36.5 Å². The number of nitrogens with zero attached hydrogens (tertiary/aromatic N) is 1. The zero-order valence-corrected chi connectivity index (χ0v) is 12.8. The maximum Gasteiger partial charge on any atom is 0.335 e. The Bertz CT molecular complexity index is 772. The van der Waals surface area contributed by atoms with E-state index < -0.39 is 41.5 Å². The molecule has 0 fully saturated rings. The van der Waals surface area contributed by atoms with Crippen LogP contribution in [0.5, 0.6) is 11.6 Å². The van der Waals surface area contributed by atoms with E-state index >= 15 is 0 Å². The molecule has 134 valence electrons. The quantitative estimate of drug-likeness (QED) is 0.626. The fourth-order valence-corrected chi connectivity index (χ4v) is 1.84. The zero-order valence-electron chi connectivity index (χ0n) is 12.8. The van der Waals surface area contributed by atoms with Gasteiger partial charge in [0, 0.05) is 24.2 Å². The van der Waals surface area contributed by atoms with Crippen LogP contribution < -0.4 is 4.74 Å². The van der Waals surface area contributed by atoms with Crippen molar-refractivity contribution >= 4 is 5.78 Å². The molecule has 1 N–H and O–H groups in total. The zero-order chi connectivity index (χ0) is 18.8. The molecule has 0 aliphatic heterocycles. The van der Waals surface area contributed by atoms with Gasteiger partial charge in [-0.25, -0.2) is 9.37 Å². The van der Waals surface area contributed by atoms with E-state index in [9.17, 15) is 26.7 Å². The largest absolute Gasteiger partial charge is 0.436 e. The topological polar surface area (TPSA) is 59.4 Å². The van der Waals surface area contributed by atoms with Crippen molar-refractivity contribution in [3.63, 3.8) is 0 Å². The smallest absolute Gasteiger partial charge is 0.335 e. The molecule has 0 atom stereocenters. The molecule has 1 heterocycles. The summed E-state index contributed by atoms with van der Waals surface area (Å²) in [5.74, 6) is -11.1. The SMILES string of the molecule is CC(F)(F)C(F)(F)c1ccc(Oc2ncc(C(=O)CO)cc2F)cc1. The maximum absolute atomic E-state index is 13.8. The number of carbonyl (C=O) groups excluding carboxylic acids is 1. The number of rotatable bonds is 6. The van der Waals surface area contributed by atoms with Crippen LogP contribution in [0.2, 0.25) is 0 Å². The molecule has 0 aliphatic rings. The summed E-state index contributed by atoms with van der Waals surface area (Å²) >= 11 is 0. The number of benzene rings is 1. The van der Waals surface area contributed by atoms with Gasteiger partial charge >= 0.3 is 11.8 Å². The van der Waals surface area contributed by atoms with Gasteiger partial charge in [0.05, 0.1) is 0 Å². The predicted molar refractivity (Wildman–Crippen MR) is 76.6 cm³/mol. The standard InChI is InChI=1S/C16H12F5NO3/c1-15(18,19)16(20,21)10-2-4-11(5-3-10)25-14-12(17)6-9(7-22-14)13(24)8-23/h2-7,23H,8H2,1H3. The lowest BCUT2D eigenvalue weighted by molar-refractivity contribution is -0.204. The number of carbonyl (C=O) groups is 1. The number of hydrogen-bond acceptors (Lipinski definition) is 4. The Morgan fingerprint density at radius 3 is 2.28 bits per heavy atom. The number of halogens is 5. The van der Waals surface area contributed by atoms with Crippen LogP contribution in [0.3, 0.4) is 0 Å². The third-order valence-electron chi connectivity index (χ3n) is 3.26. The number of ether oxygens (including phenoxy) is 1.